The predicted molar refractivity (Wildman–Crippen MR) is 189 cm³/mol. The van der Waals surface area contributed by atoms with E-state index in [1.165, 1.54) is 5.56 Å². The van der Waals surface area contributed by atoms with Crippen molar-refractivity contribution in [3.05, 3.63) is 138 Å². The monoisotopic (exact) mass is 813 g/mol. The van der Waals surface area contributed by atoms with Crippen molar-refractivity contribution >= 4 is 49.1 Å². The Morgan fingerprint density at radius 2 is 1.47 bits per heavy atom. The van der Waals surface area contributed by atoms with E-state index >= 15 is 0 Å². The van der Waals surface area contributed by atoms with Crippen LogP contribution in [0.2, 0.25) is 0 Å². The van der Waals surface area contributed by atoms with Crippen molar-refractivity contribution in [3.8, 4) is 34.8 Å². The molecule has 0 saturated carbocycles. The SMILES string of the molecule is Cc1cc(C)c(-c2nnc3c4[c-]c(Oc5[c-]c6c(cc5)c5cc(C#N)ccc5n6-c5ccccn5)ccc4c4ccccc4n23)c(C)c1.[Pt+2]. The minimum absolute atomic E-state index is 0. The molecular formula is C41H26N6OPt. The molecule has 0 amide bonds. The number of ether oxygens (including phenoxy) is 1. The van der Waals surface area contributed by atoms with Crippen LogP contribution in [-0.4, -0.2) is 24.1 Å². The summed E-state index contributed by atoms with van der Waals surface area (Å²) in [6.45, 7) is 6.37. The first kappa shape index (κ1) is 30.5. The Morgan fingerprint density at radius 3 is 2.24 bits per heavy atom. The molecule has 0 fully saturated rings. The fraction of sp³-hybridized carbons (Fsp3) is 0.0732. The summed E-state index contributed by atoms with van der Waals surface area (Å²) < 4.78 is 10.7. The van der Waals surface area contributed by atoms with Crippen LogP contribution in [0.3, 0.4) is 0 Å². The summed E-state index contributed by atoms with van der Waals surface area (Å²) in [5.41, 5.74) is 8.69. The quantitative estimate of drug-likeness (QED) is 0.131. The van der Waals surface area contributed by atoms with Gasteiger partial charge in [-0.3, -0.25) is 0 Å². The summed E-state index contributed by atoms with van der Waals surface area (Å²) >= 11 is 0. The van der Waals surface area contributed by atoms with Gasteiger partial charge in [0, 0.05) is 34.3 Å². The number of para-hydroxylation sites is 1. The van der Waals surface area contributed by atoms with Crippen LogP contribution >= 0.6 is 0 Å². The van der Waals surface area contributed by atoms with Crippen LogP contribution < -0.4 is 4.74 Å². The van der Waals surface area contributed by atoms with Gasteiger partial charge in [0.05, 0.1) is 17.3 Å². The molecule has 0 saturated heterocycles. The molecule has 0 unspecified atom stereocenters. The Morgan fingerprint density at radius 1 is 0.714 bits per heavy atom. The van der Waals surface area contributed by atoms with Gasteiger partial charge in [-0.05, 0) is 79.1 Å². The number of rotatable bonds is 4. The van der Waals surface area contributed by atoms with Crippen molar-refractivity contribution in [3.63, 3.8) is 0 Å². The molecule has 0 aliphatic rings. The predicted octanol–water partition coefficient (Wildman–Crippen LogP) is 9.38. The van der Waals surface area contributed by atoms with E-state index in [4.69, 9.17) is 14.9 Å². The number of aryl methyl sites for hydroxylation is 3. The molecule has 7 nitrogen and oxygen atoms in total. The van der Waals surface area contributed by atoms with E-state index in [2.05, 4.69) is 84.8 Å². The molecule has 0 spiro atoms. The van der Waals surface area contributed by atoms with Gasteiger partial charge in [0.15, 0.2) is 5.82 Å². The smallest absolute Gasteiger partial charge is 0.503 e. The van der Waals surface area contributed by atoms with Crippen LogP contribution in [0.1, 0.15) is 22.3 Å². The second-order valence-corrected chi connectivity index (χ2v) is 12.1. The molecule has 0 N–H and O–H groups in total. The first-order chi connectivity index (χ1) is 23.5. The second kappa shape index (κ2) is 11.7. The summed E-state index contributed by atoms with van der Waals surface area (Å²) in [5.74, 6) is 2.63. The second-order valence-electron chi connectivity index (χ2n) is 12.1. The van der Waals surface area contributed by atoms with Crippen molar-refractivity contribution in [1.29, 1.82) is 5.26 Å². The van der Waals surface area contributed by atoms with Gasteiger partial charge in [0.1, 0.15) is 5.82 Å². The molecule has 9 aromatic rings. The molecule has 0 aliphatic carbocycles. The van der Waals surface area contributed by atoms with E-state index < -0.39 is 0 Å². The van der Waals surface area contributed by atoms with E-state index in [-0.39, 0.29) is 21.1 Å². The number of benzene rings is 5. The number of hydrogen-bond acceptors (Lipinski definition) is 5. The van der Waals surface area contributed by atoms with E-state index in [0.717, 1.165) is 71.8 Å². The van der Waals surface area contributed by atoms with Gasteiger partial charge in [-0.25, -0.2) is 4.98 Å². The van der Waals surface area contributed by atoms with Crippen LogP contribution in [0.25, 0.3) is 66.3 Å². The van der Waals surface area contributed by atoms with Gasteiger partial charge in [-0.1, -0.05) is 64.3 Å². The minimum atomic E-state index is 0. The van der Waals surface area contributed by atoms with Crippen LogP contribution in [0.15, 0.2) is 103 Å². The average Bonchev–Trinajstić information content (AvgIpc) is 3.68. The molecular weight excluding hydrogens is 788 g/mol. The largest absolute Gasteiger partial charge is 2.00 e. The van der Waals surface area contributed by atoms with Gasteiger partial charge in [-0.2, -0.15) is 16.4 Å². The van der Waals surface area contributed by atoms with E-state index in [9.17, 15) is 5.26 Å². The van der Waals surface area contributed by atoms with E-state index in [0.29, 0.717) is 22.7 Å². The normalized spacial score (nSPS) is 11.4. The topological polar surface area (TPSA) is 81.0 Å². The molecule has 4 heterocycles. The Balaban J connectivity index is 0.00000348. The standard InChI is InChI=1S/C41H26N6O.Pt/c1-24-18-25(2)39(26(3)19-24)41-45-44-40-34-21-28(12-14-30(34)31-8-4-5-9-35(31)47(40)41)48-29-13-15-32-33-20-27(23-42)11-16-36(33)46(37(32)22-29)38-10-6-7-17-43-38;/h4-20H,1-3H3;/q-2;+2. The zero-order chi connectivity index (χ0) is 32.5. The summed E-state index contributed by atoms with van der Waals surface area (Å²) in [6, 6.07) is 41.4. The number of pyridine rings is 2. The molecule has 236 valence electrons. The first-order valence-electron chi connectivity index (χ1n) is 15.7. The molecule has 0 aliphatic heterocycles. The Kier molecular flexibility index (Phi) is 7.28. The molecule has 0 bridgehead atoms. The van der Waals surface area contributed by atoms with Crippen LogP contribution in [0.5, 0.6) is 11.5 Å². The minimum Gasteiger partial charge on any atom is -0.503 e. The van der Waals surface area contributed by atoms with Gasteiger partial charge < -0.3 is 13.7 Å². The summed E-state index contributed by atoms with van der Waals surface area (Å²) in [5, 5.41) is 23.9. The molecule has 9 rings (SSSR count). The van der Waals surface area contributed by atoms with Crippen molar-refractivity contribution in [2.45, 2.75) is 20.8 Å². The number of hydrogen-bond donors (Lipinski definition) is 0. The van der Waals surface area contributed by atoms with Crippen molar-refractivity contribution < 1.29 is 25.8 Å². The number of nitriles is 1. The molecule has 4 aromatic heterocycles. The van der Waals surface area contributed by atoms with Crippen molar-refractivity contribution in [2.24, 2.45) is 0 Å². The van der Waals surface area contributed by atoms with E-state index in [1.54, 1.807) is 6.20 Å². The number of aromatic nitrogens is 5. The van der Waals surface area contributed by atoms with Gasteiger partial charge in [0.2, 0.25) is 0 Å². The zero-order valence-corrected chi connectivity index (χ0v) is 29.0. The number of fused-ring (bicyclic) bond motifs is 9. The van der Waals surface area contributed by atoms with Crippen LogP contribution in [0.4, 0.5) is 0 Å². The third-order valence-corrected chi connectivity index (χ3v) is 9.02. The third kappa shape index (κ3) is 4.79. The van der Waals surface area contributed by atoms with Gasteiger partial charge in [-0.15, -0.1) is 34.8 Å². The van der Waals surface area contributed by atoms with Crippen LogP contribution in [-0.2, 0) is 21.1 Å². The molecule has 5 aromatic carbocycles. The maximum Gasteiger partial charge on any atom is 2.00 e. The zero-order valence-electron chi connectivity index (χ0n) is 26.7. The van der Waals surface area contributed by atoms with Gasteiger partial charge in [0.25, 0.3) is 0 Å². The summed E-state index contributed by atoms with van der Waals surface area (Å²) in [7, 11) is 0. The Hall–Kier alpha value is -5.83. The van der Waals surface area contributed by atoms with Crippen molar-refractivity contribution in [2.75, 3.05) is 0 Å². The third-order valence-electron chi connectivity index (χ3n) is 9.02. The maximum atomic E-state index is 9.58. The van der Waals surface area contributed by atoms with Crippen molar-refractivity contribution in [1.82, 2.24) is 24.1 Å². The molecule has 49 heavy (non-hydrogen) atoms. The molecule has 0 atom stereocenters. The fourth-order valence-electron chi connectivity index (χ4n) is 7.10. The van der Waals surface area contributed by atoms with E-state index in [1.807, 2.05) is 65.2 Å². The summed E-state index contributed by atoms with van der Waals surface area (Å²) in [4.78, 5) is 4.62. The Bertz CT molecular complexity index is 2790. The first-order valence-corrected chi connectivity index (χ1v) is 15.7. The molecule has 0 radical (unpaired) electrons. The van der Waals surface area contributed by atoms with Crippen LogP contribution in [0, 0.1) is 44.2 Å². The Labute approximate surface area is 296 Å². The number of nitrogens with zero attached hydrogens (tertiary/aromatic N) is 6. The van der Waals surface area contributed by atoms with Gasteiger partial charge >= 0.3 is 21.1 Å². The fourth-order valence-corrected chi connectivity index (χ4v) is 7.10. The summed E-state index contributed by atoms with van der Waals surface area (Å²) in [6.07, 6.45) is 1.77. The maximum absolute atomic E-state index is 9.58. The average molecular weight is 814 g/mol. The molecule has 8 heteroatoms.